The Kier molecular flexibility index (Phi) is 12.6. The number of hydrogen-bond acceptors (Lipinski definition) is 5. The number of primary amides is 1. The lowest BCUT2D eigenvalue weighted by Gasteiger charge is -2.35. The number of rotatable bonds is 13. The van der Waals surface area contributed by atoms with Gasteiger partial charge in [0.05, 0.1) is 0 Å². The van der Waals surface area contributed by atoms with Crippen LogP contribution in [0.15, 0.2) is 42.5 Å². The molecule has 0 aliphatic carbocycles. The van der Waals surface area contributed by atoms with E-state index in [0.717, 1.165) is 24.0 Å². The number of terminal acetylenes is 1. The average molecular weight is 577 g/mol. The van der Waals surface area contributed by atoms with Gasteiger partial charge in [-0.1, -0.05) is 62.1 Å². The molecular formula is C33H44N4O5. The molecule has 2 rings (SSSR count). The lowest BCUT2D eigenvalue weighted by Crippen LogP contribution is -2.53. The standard InChI is InChI=1S/C33H44N4O5/c1-8-10-13-21-37(31(40)26(19-20-27(34)38)35-32(41)42-33(5,6)7)29(25-18-12-11-17-24(25)9-2)30(39)36-28-22(3)15-14-16-23(28)4/h2,11-12,14-18,26,29H,8,10,13,19-21H2,1,3-7H3,(H2,34,38)(H,35,41)(H,36,39). The van der Waals surface area contributed by atoms with Crippen LogP contribution in [0.4, 0.5) is 10.5 Å². The maximum absolute atomic E-state index is 14.3. The molecular weight excluding hydrogens is 532 g/mol. The Labute approximate surface area is 249 Å². The summed E-state index contributed by atoms with van der Waals surface area (Å²) in [5.74, 6) is 1.01. The molecule has 2 aromatic rings. The molecule has 0 saturated carbocycles. The molecule has 0 fully saturated rings. The third kappa shape index (κ3) is 9.95. The van der Waals surface area contributed by atoms with E-state index in [2.05, 4.69) is 16.6 Å². The SMILES string of the molecule is C#Cc1ccccc1C(C(=O)Nc1c(C)cccc1C)N(CCCCC)C(=O)C(CCC(N)=O)NC(=O)OC(C)(C)C. The molecule has 0 bridgehead atoms. The molecule has 4 N–H and O–H groups in total. The summed E-state index contributed by atoms with van der Waals surface area (Å²) < 4.78 is 5.40. The van der Waals surface area contributed by atoms with Crippen LogP contribution in [0.25, 0.3) is 0 Å². The van der Waals surface area contributed by atoms with Gasteiger partial charge in [0.1, 0.15) is 17.7 Å². The maximum Gasteiger partial charge on any atom is 0.408 e. The summed E-state index contributed by atoms with van der Waals surface area (Å²) in [6, 6.07) is 10.3. The highest BCUT2D eigenvalue weighted by Gasteiger charge is 2.37. The quantitative estimate of drug-likeness (QED) is 0.224. The molecule has 2 unspecified atom stereocenters. The predicted molar refractivity (Wildman–Crippen MR) is 164 cm³/mol. The zero-order valence-electron chi connectivity index (χ0n) is 25.6. The van der Waals surface area contributed by atoms with Gasteiger partial charge in [-0.15, -0.1) is 6.42 Å². The van der Waals surface area contributed by atoms with Crippen molar-refractivity contribution in [2.24, 2.45) is 5.73 Å². The molecule has 226 valence electrons. The Balaban J connectivity index is 2.65. The van der Waals surface area contributed by atoms with E-state index < -0.39 is 41.5 Å². The van der Waals surface area contributed by atoms with E-state index in [1.165, 1.54) is 4.90 Å². The topological polar surface area (TPSA) is 131 Å². The molecule has 2 atom stereocenters. The van der Waals surface area contributed by atoms with Crippen molar-refractivity contribution in [3.8, 4) is 12.3 Å². The van der Waals surface area contributed by atoms with Crippen LogP contribution in [0.2, 0.25) is 0 Å². The second-order valence-corrected chi connectivity index (χ2v) is 11.3. The third-order valence-corrected chi connectivity index (χ3v) is 6.65. The highest BCUT2D eigenvalue weighted by Crippen LogP contribution is 2.29. The number of nitrogens with two attached hydrogens (primary N) is 1. The molecule has 2 aromatic carbocycles. The second-order valence-electron chi connectivity index (χ2n) is 11.3. The number of para-hydroxylation sites is 1. The zero-order valence-corrected chi connectivity index (χ0v) is 25.6. The first-order valence-electron chi connectivity index (χ1n) is 14.3. The number of unbranched alkanes of at least 4 members (excludes halogenated alkanes) is 2. The smallest absolute Gasteiger partial charge is 0.408 e. The second kappa shape index (κ2) is 15.6. The number of carbonyl (C=O) groups is 4. The molecule has 4 amide bonds. The van der Waals surface area contributed by atoms with Crippen LogP contribution in [-0.4, -0.2) is 46.9 Å². The summed E-state index contributed by atoms with van der Waals surface area (Å²) in [5, 5.41) is 5.64. The number of benzene rings is 2. The molecule has 0 heterocycles. The number of alkyl carbamates (subject to hydrolysis) is 1. The van der Waals surface area contributed by atoms with Crippen LogP contribution in [0.3, 0.4) is 0 Å². The van der Waals surface area contributed by atoms with E-state index >= 15 is 0 Å². The van der Waals surface area contributed by atoms with Crippen LogP contribution in [0, 0.1) is 26.2 Å². The minimum Gasteiger partial charge on any atom is -0.444 e. The van der Waals surface area contributed by atoms with Crippen molar-refractivity contribution >= 4 is 29.5 Å². The van der Waals surface area contributed by atoms with Crippen molar-refractivity contribution in [1.82, 2.24) is 10.2 Å². The maximum atomic E-state index is 14.3. The molecule has 0 aliphatic heterocycles. The van der Waals surface area contributed by atoms with Gasteiger partial charge in [-0.2, -0.15) is 0 Å². The van der Waals surface area contributed by atoms with Crippen molar-refractivity contribution in [2.45, 2.75) is 91.3 Å². The minimum absolute atomic E-state index is 0.0697. The van der Waals surface area contributed by atoms with Crippen LogP contribution < -0.4 is 16.4 Å². The summed E-state index contributed by atoms with van der Waals surface area (Å²) in [6.45, 7) is 11.1. The number of amides is 4. The van der Waals surface area contributed by atoms with E-state index in [1.807, 2.05) is 39.0 Å². The zero-order chi connectivity index (χ0) is 31.4. The summed E-state index contributed by atoms with van der Waals surface area (Å²) in [7, 11) is 0. The van der Waals surface area contributed by atoms with Crippen molar-refractivity contribution in [2.75, 3.05) is 11.9 Å². The first-order chi connectivity index (χ1) is 19.8. The average Bonchev–Trinajstić information content (AvgIpc) is 2.91. The van der Waals surface area contributed by atoms with Gasteiger partial charge in [0.2, 0.25) is 11.8 Å². The third-order valence-electron chi connectivity index (χ3n) is 6.65. The molecule has 0 aliphatic rings. The lowest BCUT2D eigenvalue weighted by atomic mass is 9.96. The van der Waals surface area contributed by atoms with E-state index in [1.54, 1.807) is 45.0 Å². The van der Waals surface area contributed by atoms with Crippen molar-refractivity contribution in [3.63, 3.8) is 0 Å². The number of nitrogens with zero attached hydrogens (tertiary/aromatic N) is 1. The number of hydrogen-bond donors (Lipinski definition) is 3. The highest BCUT2D eigenvalue weighted by molar-refractivity contribution is 6.00. The number of carbonyl (C=O) groups excluding carboxylic acids is 4. The van der Waals surface area contributed by atoms with E-state index in [-0.39, 0.29) is 19.4 Å². The van der Waals surface area contributed by atoms with Gasteiger partial charge >= 0.3 is 6.09 Å². The summed E-state index contributed by atoms with van der Waals surface area (Å²) in [5.41, 5.74) is 7.89. The molecule has 0 saturated heterocycles. The van der Waals surface area contributed by atoms with Gasteiger partial charge in [0, 0.05) is 24.2 Å². The largest absolute Gasteiger partial charge is 0.444 e. The Morgan fingerprint density at radius 1 is 1.02 bits per heavy atom. The Morgan fingerprint density at radius 2 is 1.67 bits per heavy atom. The molecule has 0 aromatic heterocycles. The molecule has 42 heavy (non-hydrogen) atoms. The summed E-state index contributed by atoms with van der Waals surface area (Å²) >= 11 is 0. The monoisotopic (exact) mass is 576 g/mol. The number of ether oxygens (including phenoxy) is 1. The molecule has 9 heteroatoms. The van der Waals surface area contributed by atoms with Gasteiger partial charge in [0.15, 0.2) is 0 Å². The van der Waals surface area contributed by atoms with Crippen LogP contribution in [-0.2, 0) is 19.1 Å². The number of nitrogens with one attached hydrogen (secondary N) is 2. The Hall–Kier alpha value is -4.32. The van der Waals surface area contributed by atoms with Crippen LogP contribution >= 0.6 is 0 Å². The van der Waals surface area contributed by atoms with Gasteiger partial charge in [-0.05, 0) is 70.2 Å². The van der Waals surface area contributed by atoms with Crippen molar-refractivity contribution in [3.05, 3.63) is 64.7 Å². The van der Waals surface area contributed by atoms with Crippen LogP contribution in [0.5, 0.6) is 0 Å². The van der Waals surface area contributed by atoms with Gasteiger partial charge in [-0.25, -0.2) is 4.79 Å². The predicted octanol–water partition coefficient (Wildman–Crippen LogP) is 5.14. The fourth-order valence-electron chi connectivity index (χ4n) is 4.61. The summed E-state index contributed by atoms with van der Waals surface area (Å²) in [4.78, 5) is 54.4. The fourth-order valence-corrected chi connectivity index (χ4v) is 4.61. The number of aryl methyl sites for hydroxylation is 2. The first kappa shape index (κ1) is 33.9. The van der Waals surface area contributed by atoms with Gasteiger partial charge in [0.25, 0.3) is 5.91 Å². The minimum atomic E-state index is -1.18. The number of anilines is 1. The highest BCUT2D eigenvalue weighted by atomic mass is 16.6. The van der Waals surface area contributed by atoms with Crippen molar-refractivity contribution in [1.29, 1.82) is 0 Å². The molecule has 0 spiro atoms. The fraction of sp³-hybridized carbons (Fsp3) is 0.455. The van der Waals surface area contributed by atoms with Gasteiger partial charge in [-0.3, -0.25) is 14.4 Å². The Bertz CT molecular complexity index is 1290. The van der Waals surface area contributed by atoms with Crippen molar-refractivity contribution < 1.29 is 23.9 Å². The van der Waals surface area contributed by atoms with Gasteiger partial charge < -0.3 is 26.0 Å². The molecule has 9 nitrogen and oxygen atoms in total. The van der Waals surface area contributed by atoms with E-state index in [9.17, 15) is 19.2 Å². The summed E-state index contributed by atoms with van der Waals surface area (Å²) in [6.07, 6.45) is 7.08. The van der Waals surface area contributed by atoms with Crippen LogP contribution in [0.1, 0.15) is 88.1 Å². The molecule has 0 radical (unpaired) electrons. The lowest BCUT2D eigenvalue weighted by molar-refractivity contribution is -0.141. The Morgan fingerprint density at radius 3 is 2.24 bits per heavy atom. The normalized spacial score (nSPS) is 12.4. The van der Waals surface area contributed by atoms with E-state index in [0.29, 0.717) is 23.2 Å². The first-order valence-corrected chi connectivity index (χ1v) is 14.3. The van der Waals surface area contributed by atoms with E-state index in [4.69, 9.17) is 16.9 Å².